The highest BCUT2D eigenvalue weighted by molar-refractivity contribution is 5.24. The number of hydrogen-bond donors (Lipinski definition) is 1. The van der Waals surface area contributed by atoms with Crippen molar-refractivity contribution < 1.29 is 5.11 Å². The van der Waals surface area contributed by atoms with Gasteiger partial charge in [-0.3, -0.25) is 0 Å². The van der Waals surface area contributed by atoms with Gasteiger partial charge in [0.2, 0.25) is 0 Å². The van der Waals surface area contributed by atoms with Gasteiger partial charge < -0.3 is 5.11 Å². The second-order valence-electron chi connectivity index (χ2n) is 5.80. The molecule has 0 saturated heterocycles. The molecule has 106 valence electrons. The van der Waals surface area contributed by atoms with Crippen molar-refractivity contribution >= 4 is 0 Å². The van der Waals surface area contributed by atoms with Gasteiger partial charge in [-0.05, 0) is 37.7 Å². The maximum atomic E-state index is 10.8. The Hall–Kier alpha value is -0.960. The number of aryl methyl sites for hydroxylation is 2. The van der Waals surface area contributed by atoms with Crippen LogP contribution in [0.15, 0.2) is 6.07 Å². The van der Waals surface area contributed by atoms with Crippen LogP contribution in [-0.4, -0.2) is 15.3 Å². The van der Waals surface area contributed by atoms with Gasteiger partial charge >= 0.3 is 0 Å². The smallest absolute Gasteiger partial charge is 0.0839 e. The van der Waals surface area contributed by atoms with Crippen LogP contribution in [0.2, 0.25) is 0 Å². The molecule has 0 spiro atoms. The van der Waals surface area contributed by atoms with E-state index in [1.165, 1.54) is 25.7 Å². The number of aliphatic hydroxyl groups is 1. The van der Waals surface area contributed by atoms with Crippen LogP contribution < -0.4 is 0 Å². The Morgan fingerprint density at radius 1 is 1.26 bits per heavy atom. The predicted molar refractivity (Wildman–Crippen MR) is 76.8 cm³/mol. The van der Waals surface area contributed by atoms with E-state index in [1.54, 1.807) is 0 Å². The summed E-state index contributed by atoms with van der Waals surface area (Å²) in [6.07, 6.45) is 6.60. The first-order valence-corrected chi connectivity index (χ1v) is 7.68. The number of rotatable bonds is 4. The molecule has 1 N–H and O–H groups in total. The van der Waals surface area contributed by atoms with Crippen molar-refractivity contribution in [1.82, 2.24) is 10.2 Å². The quantitative estimate of drug-likeness (QED) is 0.901. The molecular formula is C16H26N2O. The van der Waals surface area contributed by atoms with Gasteiger partial charge in [0.15, 0.2) is 0 Å². The number of aromatic nitrogens is 2. The van der Waals surface area contributed by atoms with Gasteiger partial charge in [-0.1, -0.05) is 39.5 Å². The Kier molecular flexibility index (Phi) is 4.92. The van der Waals surface area contributed by atoms with Crippen molar-refractivity contribution in [3.63, 3.8) is 0 Å². The van der Waals surface area contributed by atoms with E-state index in [9.17, 15) is 5.11 Å². The minimum Gasteiger partial charge on any atom is -0.388 e. The summed E-state index contributed by atoms with van der Waals surface area (Å²) in [6.45, 7) is 6.26. The Morgan fingerprint density at radius 3 is 2.68 bits per heavy atom. The molecule has 0 bridgehead atoms. The Labute approximate surface area is 116 Å². The van der Waals surface area contributed by atoms with E-state index in [1.807, 2.05) is 13.0 Å². The van der Waals surface area contributed by atoms with Crippen molar-refractivity contribution in [2.24, 2.45) is 11.8 Å². The van der Waals surface area contributed by atoms with Crippen LogP contribution in [0.4, 0.5) is 0 Å². The second-order valence-corrected chi connectivity index (χ2v) is 5.80. The Morgan fingerprint density at radius 2 is 2.00 bits per heavy atom. The highest BCUT2D eigenvalue weighted by atomic mass is 16.3. The maximum Gasteiger partial charge on any atom is 0.0839 e. The van der Waals surface area contributed by atoms with E-state index in [-0.39, 0.29) is 6.10 Å². The Bertz CT molecular complexity index is 419. The first-order chi connectivity index (χ1) is 9.17. The molecular weight excluding hydrogens is 236 g/mol. The summed E-state index contributed by atoms with van der Waals surface area (Å²) in [5.41, 5.74) is 2.87. The molecule has 3 nitrogen and oxygen atoms in total. The summed E-state index contributed by atoms with van der Waals surface area (Å²) < 4.78 is 0. The zero-order chi connectivity index (χ0) is 13.8. The summed E-state index contributed by atoms with van der Waals surface area (Å²) in [5, 5.41) is 19.2. The molecule has 0 aromatic carbocycles. The summed E-state index contributed by atoms with van der Waals surface area (Å²) >= 11 is 0. The van der Waals surface area contributed by atoms with Crippen LogP contribution in [0, 0.1) is 18.8 Å². The van der Waals surface area contributed by atoms with Crippen molar-refractivity contribution in [3.05, 3.63) is 23.0 Å². The highest BCUT2D eigenvalue weighted by Gasteiger charge is 2.31. The summed E-state index contributed by atoms with van der Waals surface area (Å²) in [7, 11) is 0. The van der Waals surface area contributed by atoms with E-state index in [2.05, 4.69) is 24.0 Å². The normalized spacial score (nSPS) is 25.3. The van der Waals surface area contributed by atoms with Crippen LogP contribution in [0.3, 0.4) is 0 Å². The van der Waals surface area contributed by atoms with Crippen LogP contribution in [0.5, 0.6) is 0 Å². The molecule has 1 aliphatic carbocycles. The van der Waals surface area contributed by atoms with Gasteiger partial charge in [0.1, 0.15) is 0 Å². The van der Waals surface area contributed by atoms with E-state index in [0.29, 0.717) is 11.8 Å². The zero-order valence-electron chi connectivity index (χ0n) is 12.4. The summed E-state index contributed by atoms with van der Waals surface area (Å²) in [4.78, 5) is 0. The molecule has 1 fully saturated rings. The van der Waals surface area contributed by atoms with E-state index >= 15 is 0 Å². The van der Waals surface area contributed by atoms with Crippen LogP contribution >= 0.6 is 0 Å². The molecule has 3 unspecified atom stereocenters. The van der Waals surface area contributed by atoms with E-state index in [4.69, 9.17) is 0 Å². The average Bonchev–Trinajstić information content (AvgIpc) is 2.46. The maximum absolute atomic E-state index is 10.8. The van der Waals surface area contributed by atoms with Crippen molar-refractivity contribution in [1.29, 1.82) is 0 Å². The largest absolute Gasteiger partial charge is 0.388 e. The molecule has 1 saturated carbocycles. The van der Waals surface area contributed by atoms with Gasteiger partial charge in [0.25, 0.3) is 0 Å². The van der Waals surface area contributed by atoms with Crippen molar-refractivity contribution in [2.45, 2.75) is 65.4 Å². The Balaban J connectivity index is 2.26. The molecule has 3 atom stereocenters. The molecule has 0 amide bonds. The molecule has 0 radical (unpaired) electrons. The van der Waals surface area contributed by atoms with Crippen molar-refractivity contribution in [2.75, 3.05) is 0 Å². The molecule has 19 heavy (non-hydrogen) atoms. The molecule has 1 aromatic heterocycles. The molecule has 0 aliphatic heterocycles. The minimum absolute atomic E-state index is 0.366. The lowest BCUT2D eigenvalue weighted by Gasteiger charge is -2.35. The SMILES string of the molecule is CCc1nnc(C)cc1C(O)C1CCCCC1CC. The van der Waals surface area contributed by atoms with Gasteiger partial charge in [-0.25, -0.2) is 0 Å². The predicted octanol–water partition coefficient (Wildman–Crippen LogP) is 3.60. The molecule has 3 heteroatoms. The number of hydrogen-bond acceptors (Lipinski definition) is 3. The molecule has 2 rings (SSSR count). The lowest BCUT2D eigenvalue weighted by atomic mass is 9.73. The topological polar surface area (TPSA) is 46.0 Å². The highest BCUT2D eigenvalue weighted by Crippen LogP contribution is 2.40. The summed E-state index contributed by atoms with van der Waals surface area (Å²) in [6, 6.07) is 2.03. The fourth-order valence-electron chi connectivity index (χ4n) is 3.45. The number of aliphatic hydroxyl groups excluding tert-OH is 1. The standard InChI is InChI=1S/C16H26N2O/c1-4-12-8-6-7-9-13(12)16(19)14-10-11(3)17-18-15(14)5-2/h10,12-13,16,19H,4-9H2,1-3H3. The average molecular weight is 262 g/mol. The third-order valence-electron chi connectivity index (χ3n) is 4.58. The third kappa shape index (κ3) is 3.14. The molecule has 1 aliphatic rings. The van der Waals surface area contributed by atoms with Gasteiger partial charge in [-0.2, -0.15) is 10.2 Å². The van der Waals surface area contributed by atoms with Gasteiger partial charge in [0.05, 0.1) is 17.5 Å². The lowest BCUT2D eigenvalue weighted by Crippen LogP contribution is -2.26. The number of nitrogens with zero attached hydrogens (tertiary/aromatic N) is 2. The minimum atomic E-state index is -0.366. The van der Waals surface area contributed by atoms with Crippen LogP contribution in [-0.2, 0) is 6.42 Å². The van der Waals surface area contributed by atoms with Crippen LogP contribution in [0.1, 0.15) is 69.0 Å². The van der Waals surface area contributed by atoms with Gasteiger partial charge in [-0.15, -0.1) is 0 Å². The van der Waals surface area contributed by atoms with E-state index in [0.717, 1.165) is 29.8 Å². The van der Waals surface area contributed by atoms with E-state index < -0.39 is 0 Å². The first kappa shape index (κ1) is 14.4. The zero-order valence-corrected chi connectivity index (χ0v) is 12.4. The fourth-order valence-corrected chi connectivity index (χ4v) is 3.45. The van der Waals surface area contributed by atoms with Crippen molar-refractivity contribution in [3.8, 4) is 0 Å². The summed E-state index contributed by atoms with van der Waals surface area (Å²) in [5.74, 6) is 1.05. The monoisotopic (exact) mass is 262 g/mol. The molecule has 1 heterocycles. The first-order valence-electron chi connectivity index (χ1n) is 7.68. The molecule has 1 aromatic rings. The third-order valence-corrected chi connectivity index (χ3v) is 4.58. The second kappa shape index (κ2) is 6.47. The van der Waals surface area contributed by atoms with Crippen LogP contribution in [0.25, 0.3) is 0 Å². The fraction of sp³-hybridized carbons (Fsp3) is 0.750. The van der Waals surface area contributed by atoms with Gasteiger partial charge in [0, 0.05) is 5.56 Å². The lowest BCUT2D eigenvalue weighted by molar-refractivity contribution is 0.0441.